The number of hydrogen-bond donors (Lipinski definition) is 2. The molecule has 2 aromatic carbocycles. The van der Waals surface area contributed by atoms with Crippen molar-refractivity contribution in [3.05, 3.63) is 91.6 Å². The molecule has 1 atom stereocenters. The van der Waals surface area contributed by atoms with Crippen LogP contribution in [0.1, 0.15) is 48.8 Å². The summed E-state index contributed by atoms with van der Waals surface area (Å²) in [5.41, 5.74) is 5.16. The molecule has 6 nitrogen and oxygen atoms in total. The first-order valence-electron chi connectivity index (χ1n) is 11.6. The summed E-state index contributed by atoms with van der Waals surface area (Å²) in [7, 11) is 0. The number of alkyl carbamates (subject to hydrolysis) is 1. The van der Waals surface area contributed by atoms with Crippen molar-refractivity contribution in [2.24, 2.45) is 0 Å². The first-order valence-corrected chi connectivity index (χ1v) is 13.2. The van der Waals surface area contributed by atoms with Crippen molar-refractivity contribution in [1.29, 1.82) is 0 Å². The quantitative estimate of drug-likeness (QED) is 0.303. The Morgan fingerprint density at radius 2 is 1.47 bits per heavy atom. The molecule has 0 spiro atoms. The van der Waals surface area contributed by atoms with Gasteiger partial charge < -0.3 is 15.4 Å². The van der Waals surface area contributed by atoms with Gasteiger partial charge in [-0.1, -0.05) is 44.0 Å². The molecular formula is C28H31Br2N3O3. The second-order valence-corrected chi connectivity index (χ2v) is 11.6. The highest BCUT2D eigenvalue weighted by Gasteiger charge is 2.25. The van der Waals surface area contributed by atoms with Crippen molar-refractivity contribution in [3.8, 4) is 0 Å². The molecule has 0 radical (unpaired) electrons. The van der Waals surface area contributed by atoms with Crippen molar-refractivity contribution < 1.29 is 14.3 Å². The Bertz CT molecular complexity index is 1200. The van der Waals surface area contributed by atoms with E-state index in [-0.39, 0.29) is 5.91 Å². The zero-order chi connectivity index (χ0) is 26.5. The van der Waals surface area contributed by atoms with Crippen molar-refractivity contribution >= 4 is 49.5 Å². The minimum absolute atomic E-state index is 0.294. The van der Waals surface area contributed by atoms with E-state index in [0.29, 0.717) is 12.1 Å². The van der Waals surface area contributed by atoms with E-state index in [9.17, 15) is 9.59 Å². The number of aryl methyl sites for hydroxylation is 2. The Balaban J connectivity index is 1.73. The smallest absolute Gasteiger partial charge is 0.408 e. The van der Waals surface area contributed by atoms with E-state index >= 15 is 0 Å². The van der Waals surface area contributed by atoms with Crippen LogP contribution in [0.25, 0.3) is 0 Å². The molecule has 1 unspecified atom stereocenters. The first kappa shape index (κ1) is 27.9. The zero-order valence-corrected chi connectivity index (χ0v) is 24.3. The van der Waals surface area contributed by atoms with Gasteiger partial charge >= 0.3 is 6.09 Å². The van der Waals surface area contributed by atoms with Gasteiger partial charge in [-0.05, 0) is 100 Å². The van der Waals surface area contributed by atoms with Crippen LogP contribution in [0.2, 0.25) is 0 Å². The highest BCUT2D eigenvalue weighted by atomic mass is 79.9. The van der Waals surface area contributed by atoms with Gasteiger partial charge in [-0.25, -0.2) is 4.79 Å². The van der Waals surface area contributed by atoms with Gasteiger partial charge in [-0.15, -0.1) is 0 Å². The molecule has 0 aliphatic rings. The number of aromatic nitrogens is 1. The molecule has 8 heteroatoms. The van der Waals surface area contributed by atoms with E-state index in [1.54, 1.807) is 20.8 Å². The van der Waals surface area contributed by atoms with Crippen LogP contribution in [0.3, 0.4) is 0 Å². The van der Waals surface area contributed by atoms with Crippen LogP contribution in [0.4, 0.5) is 10.5 Å². The van der Waals surface area contributed by atoms with Crippen molar-refractivity contribution in [2.75, 3.05) is 5.32 Å². The molecule has 0 aliphatic heterocycles. The van der Waals surface area contributed by atoms with Gasteiger partial charge in [0.2, 0.25) is 5.91 Å². The second kappa shape index (κ2) is 12.0. The largest absolute Gasteiger partial charge is 0.444 e. The third-order valence-corrected chi connectivity index (χ3v) is 6.06. The number of anilines is 1. The van der Waals surface area contributed by atoms with E-state index in [1.807, 2.05) is 56.3 Å². The Morgan fingerprint density at radius 3 is 2.03 bits per heavy atom. The lowest BCUT2D eigenvalue weighted by Crippen LogP contribution is -2.47. The number of benzene rings is 2. The molecule has 1 heterocycles. The third-order valence-electron chi connectivity index (χ3n) is 5.14. The SMILES string of the molecule is Cc1cc(Cc2ccc(NC(=O)C(Cc3cc(Br)cc(Br)c3)NC(=O)OC(C)(C)C)cc2)cc(C)n1. The number of carbonyl (C=O) groups is 2. The molecule has 1 aromatic heterocycles. The molecule has 0 fully saturated rings. The lowest BCUT2D eigenvalue weighted by Gasteiger charge is -2.23. The van der Waals surface area contributed by atoms with Crippen LogP contribution >= 0.6 is 31.9 Å². The number of carbonyl (C=O) groups excluding carboxylic acids is 2. The average Bonchev–Trinajstić information content (AvgIpc) is 2.72. The molecule has 2 N–H and O–H groups in total. The molecule has 36 heavy (non-hydrogen) atoms. The molecule has 0 saturated heterocycles. The number of amides is 2. The van der Waals surface area contributed by atoms with Crippen molar-refractivity contribution in [2.45, 2.75) is 59.1 Å². The molecular weight excluding hydrogens is 586 g/mol. The number of pyridine rings is 1. The number of nitrogens with zero attached hydrogens (tertiary/aromatic N) is 1. The van der Waals surface area contributed by atoms with Gasteiger partial charge in [0, 0.05) is 32.4 Å². The summed E-state index contributed by atoms with van der Waals surface area (Å²) < 4.78 is 7.14. The number of hydrogen-bond acceptors (Lipinski definition) is 4. The van der Waals surface area contributed by atoms with Crippen LogP contribution in [0, 0.1) is 13.8 Å². The fourth-order valence-corrected chi connectivity index (χ4v) is 5.21. The van der Waals surface area contributed by atoms with Crippen molar-refractivity contribution in [1.82, 2.24) is 10.3 Å². The van der Waals surface area contributed by atoms with Crippen LogP contribution in [-0.4, -0.2) is 28.6 Å². The summed E-state index contributed by atoms with van der Waals surface area (Å²) in [5.74, 6) is -0.329. The highest BCUT2D eigenvalue weighted by Crippen LogP contribution is 2.22. The maximum absolute atomic E-state index is 13.2. The van der Waals surface area contributed by atoms with E-state index in [0.717, 1.165) is 37.9 Å². The van der Waals surface area contributed by atoms with E-state index in [1.165, 1.54) is 5.56 Å². The van der Waals surface area contributed by atoms with Crippen molar-refractivity contribution in [3.63, 3.8) is 0 Å². The Morgan fingerprint density at radius 1 is 0.889 bits per heavy atom. The molecule has 2 amide bonds. The Hall–Kier alpha value is -2.71. The normalized spacial score (nSPS) is 12.1. The fraction of sp³-hybridized carbons (Fsp3) is 0.321. The summed E-state index contributed by atoms with van der Waals surface area (Å²) >= 11 is 6.95. The fourth-order valence-electron chi connectivity index (χ4n) is 3.82. The van der Waals surface area contributed by atoms with E-state index in [4.69, 9.17) is 4.74 Å². The molecule has 0 aliphatic carbocycles. The lowest BCUT2D eigenvalue weighted by atomic mass is 10.0. The number of halogens is 2. The van der Waals surface area contributed by atoms with Crippen LogP contribution < -0.4 is 10.6 Å². The van der Waals surface area contributed by atoms with Gasteiger partial charge in [0.05, 0.1) is 0 Å². The predicted molar refractivity (Wildman–Crippen MR) is 150 cm³/mol. The number of nitrogens with one attached hydrogen (secondary N) is 2. The molecule has 3 aromatic rings. The van der Waals surface area contributed by atoms with Crippen LogP contribution in [-0.2, 0) is 22.4 Å². The third kappa shape index (κ3) is 9.06. The lowest BCUT2D eigenvalue weighted by molar-refractivity contribution is -0.118. The highest BCUT2D eigenvalue weighted by molar-refractivity contribution is 9.11. The van der Waals surface area contributed by atoms with Gasteiger partial charge in [0.1, 0.15) is 11.6 Å². The first-order chi connectivity index (χ1) is 16.9. The summed E-state index contributed by atoms with van der Waals surface area (Å²) in [5, 5.41) is 5.65. The molecule has 0 bridgehead atoms. The summed E-state index contributed by atoms with van der Waals surface area (Å²) in [6, 6.07) is 16.8. The van der Waals surface area contributed by atoms with E-state index in [2.05, 4.69) is 59.6 Å². The average molecular weight is 617 g/mol. The van der Waals surface area contributed by atoms with Crippen LogP contribution in [0.5, 0.6) is 0 Å². The summed E-state index contributed by atoms with van der Waals surface area (Å²) in [6.07, 6.45) is 0.427. The summed E-state index contributed by atoms with van der Waals surface area (Å²) in [4.78, 5) is 30.1. The summed E-state index contributed by atoms with van der Waals surface area (Å²) in [6.45, 7) is 9.32. The Kier molecular flexibility index (Phi) is 9.30. The predicted octanol–water partition coefficient (Wildman–Crippen LogP) is 6.89. The van der Waals surface area contributed by atoms with Gasteiger partial charge in [-0.3, -0.25) is 9.78 Å². The maximum atomic E-state index is 13.2. The number of ether oxygens (including phenoxy) is 1. The maximum Gasteiger partial charge on any atom is 0.408 e. The molecule has 0 saturated carbocycles. The van der Waals surface area contributed by atoms with Gasteiger partial charge in [-0.2, -0.15) is 0 Å². The molecule has 3 rings (SSSR count). The van der Waals surface area contributed by atoms with Crippen LogP contribution in [0.15, 0.2) is 63.5 Å². The topological polar surface area (TPSA) is 80.3 Å². The Labute approximate surface area is 229 Å². The number of rotatable bonds is 7. The minimum Gasteiger partial charge on any atom is -0.444 e. The van der Waals surface area contributed by atoms with E-state index < -0.39 is 17.7 Å². The monoisotopic (exact) mass is 615 g/mol. The minimum atomic E-state index is -0.830. The second-order valence-electron chi connectivity index (χ2n) is 9.80. The zero-order valence-electron chi connectivity index (χ0n) is 21.1. The standard InChI is InChI=1S/C28H31Br2N3O3/c1-17-10-20(11-18(2)31-17)12-19-6-8-24(9-7-19)32-26(34)25(33-27(35)36-28(3,4)5)15-21-13-22(29)16-23(30)14-21/h6-11,13-14,16,25H,12,15H2,1-5H3,(H,32,34)(H,33,35). The van der Waals surface area contributed by atoms with Gasteiger partial charge in [0.15, 0.2) is 0 Å². The van der Waals surface area contributed by atoms with Gasteiger partial charge in [0.25, 0.3) is 0 Å². The molecule has 190 valence electrons.